The van der Waals surface area contributed by atoms with Crippen LogP contribution in [0.5, 0.6) is 0 Å². The topological polar surface area (TPSA) is 82.7 Å². The number of anilines is 1. The summed E-state index contributed by atoms with van der Waals surface area (Å²) in [5.74, 6) is 2.47. The third-order valence-electron chi connectivity index (χ3n) is 5.20. The van der Waals surface area contributed by atoms with Crippen LogP contribution in [0.1, 0.15) is 30.9 Å². The number of nitrogens with one attached hydrogen (secondary N) is 1. The first-order valence-corrected chi connectivity index (χ1v) is 11.6. The van der Waals surface area contributed by atoms with Crippen molar-refractivity contribution in [3.05, 3.63) is 47.6 Å². The molecule has 1 fully saturated rings. The van der Waals surface area contributed by atoms with Crippen molar-refractivity contribution in [3.8, 4) is 11.5 Å². The maximum absolute atomic E-state index is 5.67. The average Bonchev–Trinajstić information content (AvgIpc) is 3.47. The van der Waals surface area contributed by atoms with Crippen LogP contribution in [0.15, 0.2) is 39.9 Å². The Bertz CT molecular complexity index is 1000. The first kappa shape index (κ1) is 21.3. The fraction of sp³-hybridized carbons (Fsp3) is 0.455. The first-order chi connectivity index (χ1) is 15.2. The molecule has 1 aromatic carbocycles. The second-order valence-electron chi connectivity index (χ2n) is 7.50. The van der Waals surface area contributed by atoms with Gasteiger partial charge < -0.3 is 19.5 Å². The van der Waals surface area contributed by atoms with Crippen LogP contribution in [0.25, 0.3) is 11.5 Å². The van der Waals surface area contributed by atoms with E-state index in [1.807, 2.05) is 12.1 Å². The van der Waals surface area contributed by atoms with E-state index in [9.17, 15) is 0 Å². The number of oxazole rings is 1. The van der Waals surface area contributed by atoms with Crippen molar-refractivity contribution in [3.63, 3.8) is 0 Å². The van der Waals surface area contributed by atoms with Gasteiger partial charge in [0.05, 0.1) is 6.54 Å². The summed E-state index contributed by atoms with van der Waals surface area (Å²) in [5.41, 5.74) is 3.02. The fourth-order valence-corrected chi connectivity index (χ4v) is 4.22. The summed E-state index contributed by atoms with van der Waals surface area (Å²) >= 11 is 1.49. The van der Waals surface area contributed by atoms with Crippen molar-refractivity contribution in [2.75, 3.05) is 37.6 Å². The van der Waals surface area contributed by atoms with E-state index in [2.05, 4.69) is 62.4 Å². The molecule has 1 N–H and O–H groups in total. The number of rotatable bonds is 6. The highest BCUT2D eigenvalue weighted by Crippen LogP contribution is 2.21. The van der Waals surface area contributed by atoms with Crippen molar-refractivity contribution in [2.45, 2.75) is 33.7 Å². The minimum Gasteiger partial charge on any atom is -0.444 e. The largest absolute Gasteiger partial charge is 0.444 e. The zero-order chi connectivity index (χ0) is 21.6. The highest BCUT2D eigenvalue weighted by molar-refractivity contribution is 7.09. The number of aromatic nitrogens is 3. The Kier molecular flexibility index (Phi) is 6.81. The van der Waals surface area contributed by atoms with Gasteiger partial charge in [0.25, 0.3) is 0 Å². The molecule has 1 aliphatic heterocycles. The zero-order valence-corrected chi connectivity index (χ0v) is 19.2. The van der Waals surface area contributed by atoms with Crippen LogP contribution in [-0.2, 0) is 13.0 Å². The van der Waals surface area contributed by atoms with E-state index in [4.69, 9.17) is 9.41 Å². The van der Waals surface area contributed by atoms with E-state index >= 15 is 0 Å². The maximum atomic E-state index is 5.67. The molecule has 0 saturated carbocycles. The Morgan fingerprint density at radius 2 is 1.90 bits per heavy atom. The van der Waals surface area contributed by atoms with Gasteiger partial charge in [-0.25, -0.2) is 15.0 Å². The van der Waals surface area contributed by atoms with Crippen LogP contribution in [0.3, 0.4) is 0 Å². The Morgan fingerprint density at radius 1 is 1.13 bits per heavy atom. The summed E-state index contributed by atoms with van der Waals surface area (Å²) in [4.78, 5) is 18.6. The van der Waals surface area contributed by atoms with Gasteiger partial charge in [0.1, 0.15) is 17.8 Å². The molecular formula is C22H29N7OS. The molecule has 3 aromatic rings. The first-order valence-electron chi connectivity index (χ1n) is 10.8. The van der Waals surface area contributed by atoms with E-state index in [1.165, 1.54) is 17.1 Å². The third kappa shape index (κ3) is 5.22. The highest BCUT2D eigenvalue weighted by atomic mass is 32.1. The number of piperazine rings is 1. The molecular weight excluding hydrogens is 410 g/mol. The van der Waals surface area contributed by atoms with Gasteiger partial charge in [-0.05, 0) is 26.0 Å². The highest BCUT2D eigenvalue weighted by Gasteiger charge is 2.22. The minimum atomic E-state index is 0.480. The molecule has 0 spiro atoms. The Morgan fingerprint density at radius 3 is 2.58 bits per heavy atom. The lowest BCUT2D eigenvalue weighted by atomic mass is 10.1. The number of nitrogens with zero attached hydrogens (tertiary/aromatic N) is 6. The number of aryl methyl sites for hydroxylation is 2. The van der Waals surface area contributed by atoms with Crippen molar-refractivity contribution in [2.24, 2.45) is 4.99 Å². The van der Waals surface area contributed by atoms with Crippen LogP contribution < -0.4 is 10.2 Å². The second kappa shape index (κ2) is 9.91. The molecule has 8 nitrogen and oxygen atoms in total. The normalized spacial score (nSPS) is 14.9. The number of hydrogen-bond donors (Lipinski definition) is 1. The molecule has 1 saturated heterocycles. The van der Waals surface area contributed by atoms with E-state index < -0.39 is 0 Å². The van der Waals surface area contributed by atoms with Crippen molar-refractivity contribution < 1.29 is 4.42 Å². The summed E-state index contributed by atoms with van der Waals surface area (Å²) in [5, 5.41) is 4.43. The molecule has 9 heteroatoms. The van der Waals surface area contributed by atoms with Crippen LogP contribution in [0.2, 0.25) is 0 Å². The number of hydrogen-bond acceptors (Lipinski definition) is 7. The summed E-state index contributed by atoms with van der Waals surface area (Å²) in [6, 6.07) is 8.18. The number of guanidine groups is 1. The monoisotopic (exact) mass is 439 g/mol. The molecule has 0 amide bonds. The van der Waals surface area contributed by atoms with Crippen LogP contribution >= 0.6 is 11.5 Å². The average molecular weight is 440 g/mol. The maximum Gasteiger partial charge on any atom is 0.226 e. The lowest BCUT2D eigenvalue weighted by Gasteiger charge is -2.36. The zero-order valence-electron chi connectivity index (χ0n) is 18.3. The van der Waals surface area contributed by atoms with Crippen molar-refractivity contribution in [1.82, 2.24) is 24.6 Å². The minimum absolute atomic E-state index is 0.480. The van der Waals surface area contributed by atoms with Gasteiger partial charge in [-0.15, -0.1) is 0 Å². The molecule has 0 atom stereocenters. The standard InChI is InChI=1S/C22H29N7OS/c1-4-19-26-22(31-27-19)29-12-10-28(11-13-29)21(23-5-2)24-14-18-15-30-20(25-18)17-8-6-16(3)7-9-17/h6-9,15H,4-5,10-14H2,1-3H3,(H,23,24). The van der Waals surface area contributed by atoms with Crippen molar-refractivity contribution >= 4 is 22.6 Å². The fourth-order valence-electron chi connectivity index (χ4n) is 3.42. The Labute approximate surface area is 187 Å². The SMILES string of the molecule is CCNC(=NCc1coc(-c2ccc(C)cc2)n1)N1CCN(c2nc(CC)ns2)CC1. The van der Waals surface area contributed by atoms with Gasteiger partial charge in [0.15, 0.2) is 5.96 Å². The molecule has 164 valence electrons. The Balaban J connectivity index is 1.38. The van der Waals surface area contributed by atoms with Gasteiger partial charge in [-0.2, -0.15) is 4.37 Å². The van der Waals surface area contributed by atoms with E-state index in [1.54, 1.807) is 6.26 Å². The van der Waals surface area contributed by atoms with Crippen molar-refractivity contribution in [1.29, 1.82) is 0 Å². The molecule has 1 aliphatic rings. The van der Waals surface area contributed by atoms with Gasteiger partial charge in [-0.1, -0.05) is 24.6 Å². The summed E-state index contributed by atoms with van der Waals surface area (Å²) in [6.07, 6.45) is 2.57. The number of aliphatic imine (C=N–C) groups is 1. The van der Waals surface area contributed by atoms with Gasteiger partial charge in [0, 0.05) is 56.2 Å². The molecule has 2 aromatic heterocycles. The van der Waals surface area contributed by atoms with Crippen LogP contribution in [0.4, 0.5) is 5.13 Å². The molecule has 0 bridgehead atoms. The van der Waals surface area contributed by atoms with E-state index in [-0.39, 0.29) is 0 Å². The van der Waals surface area contributed by atoms with Crippen LogP contribution in [0, 0.1) is 6.92 Å². The molecule has 31 heavy (non-hydrogen) atoms. The molecule has 4 rings (SSSR count). The van der Waals surface area contributed by atoms with Gasteiger partial charge in [0.2, 0.25) is 11.0 Å². The smallest absolute Gasteiger partial charge is 0.226 e. The summed E-state index contributed by atoms with van der Waals surface area (Å²) < 4.78 is 10.1. The lowest BCUT2D eigenvalue weighted by molar-refractivity contribution is 0.372. The second-order valence-corrected chi connectivity index (χ2v) is 8.23. The van der Waals surface area contributed by atoms with E-state index in [0.717, 1.165) is 67.3 Å². The van der Waals surface area contributed by atoms with E-state index in [0.29, 0.717) is 12.4 Å². The molecule has 0 radical (unpaired) electrons. The van der Waals surface area contributed by atoms with Crippen LogP contribution in [-0.4, -0.2) is 57.9 Å². The van der Waals surface area contributed by atoms with Gasteiger partial charge >= 0.3 is 0 Å². The quantitative estimate of drug-likeness (QED) is 0.466. The summed E-state index contributed by atoms with van der Waals surface area (Å²) in [6.45, 7) is 11.1. The molecule has 0 unspecified atom stereocenters. The predicted molar refractivity (Wildman–Crippen MR) is 125 cm³/mol. The number of benzene rings is 1. The Hall–Kier alpha value is -2.94. The predicted octanol–water partition coefficient (Wildman–Crippen LogP) is 3.35. The summed E-state index contributed by atoms with van der Waals surface area (Å²) in [7, 11) is 0. The lowest BCUT2D eigenvalue weighted by Crippen LogP contribution is -2.52. The molecule has 0 aliphatic carbocycles. The third-order valence-corrected chi connectivity index (χ3v) is 6.01. The van der Waals surface area contributed by atoms with Gasteiger partial charge in [-0.3, -0.25) is 0 Å². The molecule has 3 heterocycles.